The lowest BCUT2D eigenvalue weighted by Gasteiger charge is -2.33. The summed E-state index contributed by atoms with van der Waals surface area (Å²) >= 11 is 1.34. The molecule has 49 heavy (non-hydrogen) atoms. The molecule has 2 saturated heterocycles. The highest BCUT2D eigenvalue weighted by molar-refractivity contribution is 7.89. The van der Waals surface area contributed by atoms with Gasteiger partial charge in [-0.15, -0.1) is 0 Å². The molecular weight excluding hydrogens is 676 g/mol. The van der Waals surface area contributed by atoms with Gasteiger partial charge in [0.25, 0.3) is 0 Å². The first-order valence-corrected chi connectivity index (χ1v) is 19.1. The molecule has 2 saturated carbocycles. The summed E-state index contributed by atoms with van der Waals surface area (Å²) in [6.45, 7) is 3.40. The molecule has 4 aliphatic rings. The van der Waals surface area contributed by atoms with Crippen molar-refractivity contribution in [1.29, 1.82) is 0 Å². The third-order valence-corrected chi connectivity index (χ3v) is 12.7. The first-order valence-electron chi connectivity index (χ1n) is 16.8. The molecule has 0 radical (unpaired) electrons. The number of aliphatic hydroxyl groups is 1. The van der Waals surface area contributed by atoms with Crippen molar-refractivity contribution in [2.24, 2.45) is 23.7 Å². The summed E-state index contributed by atoms with van der Waals surface area (Å²) in [5, 5.41) is 18.5. The van der Waals surface area contributed by atoms with E-state index in [9.17, 15) is 18.3 Å². The standard InChI is InChI=1S/C34H43FN4O8S2/c1-18(2)31(35)39(49(42,43)23-10-11-26-29(14-23)48-33(37-26)36-21-6-7-21)15-28(40)27(12-19-4-8-22(44-3)9-5-19)38-34(41)47-30-20-13-24-25(30)17-46-32(24)45-16-20/h4-5,8-11,14,18,20-21,24-25,27-28,30-32,40H,6-7,12-13,15-17H2,1-3H3,(H,36,37)(H,38,41)/t20?,24?,25?,27-,28+,30?,31?,32?/m0/s1. The number of amides is 1. The number of rotatable bonds is 14. The normalized spacial score (nSPS) is 26.6. The van der Waals surface area contributed by atoms with Crippen LogP contribution in [0.25, 0.3) is 10.2 Å². The molecule has 12 nitrogen and oxygen atoms in total. The molecule has 8 atom stereocenters. The zero-order chi connectivity index (χ0) is 34.4. The lowest BCUT2D eigenvalue weighted by atomic mass is 9.98. The molecule has 1 amide bonds. The molecule has 0 spiro atoms. The van der Waals surface area contributed by atoms with Crippen molar-refractivity contribution in [3.05, 3.63) is 48.0 Å². The van der Waals surface area contributed by atoms with Gasteiger partial charge >= 0.3 is 6.09 Å². The van der Waals surface area contributed by atoms with E-state index < -0.39 is 53.1 Å². The highest BCUT2D eigenvalue weighted by Gasteiger charge is 2.56. The van der Waals surface area contributed by atoms with Crippen LogP contribution < -0.4 is 15.4 Å². The minimum Gasteiger partial charge on any atom is -0.497 e. The zero-order valence-corrected chi connectivity index (χ0v) is 29.3. The van der Waals surface area contributed by atoms with Crippen LogP contribution >= 0.6 is 11.3 Å². The fourth-order valence-electron chi connectivity index (χ4n) is 7.10. The summed E-state index contributed by atoms with van der Waals surface area (Å²) < 4.78 is 68.3. The van der Waals surface area contributed by atoms with Crippen LogP contribution in [0.1, 0.15) is 38.7 Å². The van der Waals surface area contributed by atoms with Gasteiger partial charge in [0.1, 0.15) is 11.9 Å². The van der Waals surface area contributed by atoms with E-state index in [1.54, 1.807) is 51.3 Å². The van der Waals surface area contributed by atoms with Crippen molar-refractivity contribution in [2.75, 3.05) is 32.2 Å². The quantitative estimate of drug-likeness (QED) is 0.203. The van der Waals surface area contributed by atoms with Gasteiger partial charge in [0.2, 0.25) is 10.0 Å². The maximum Gasteiger partial charge on any atom is 0.407 e. The van der Waals surface area contributed by atoms with Crippen LogP contribution in [0.2, 0.25) is 0 Å². The first-order chi connectivity index (χ1) is 23.5. The number of nitrogens with zero attached hydrogens (tertiary/aromatic N) is 2. The fraction of sp³-hybridized carbons (Fsp3) is 0.588. The Morgan fingerprint density at radius 2 is 1.90 bits per heavy atom. The SMILES string of the molecule is COc1ccc(C[C@H](NC(=O)OC2C3COC4OCC2C4C3)[C@H](O)CN(C(F)C(C)C)S(=O)(=O)c2ccc3nc(NC4CC4)sc3c2)cc1. The molecule has 2 aromatic carbocycles. The maximum absolute atomic E-state index is 16.0. The van der Waals surface area contributed by atoms with Crippen molar-refractivity contribution in [1.82, 2.24) is 14.6 Å². The van der Waals surface area contributed by atoms with E-state index in [1.807, 2.05) is 0 Å². The third kappa shape index (κ3) is 7.24. The van der Waals surface area contributed by atoms with Crippen molar-refractivity contribution >= 4 is 42.8 Å². The molecule has 266 valence electrons. The van der Waals surface area contributed by atoms with Crippen molar-refractivity contribution in [3.8, 4) is 5.75 Å². The largest absolute Gasteiger partial charge is 0.497 e. The van der Waals surface area contributed by atoms with Gasteiger partial charge in [0.05, 0.1) is 47.6 Å². The van der Waals surface area contributed by atoms with Crippen LogP contribution in [0.4, 0.5) is 14.3 Å². The minimum absolute atomic E-state index is 0.0173. The average molecular weight is 719 g/mol. The van der Waals surface area contributed by atoms with E-state index in [0.29, 0.717) is 44.7 Å². The van der Waals surface area contributed by atoms with Crippen LogP contribution in [0, 0.1) is 23.7 Å². The molecule has 7 rings (SSSR count). The van der Waals surface area contributed by atoms with Gasteiger partial charge in [0, 0.05) is 30.3 Å². The van der Waals surface area contributed by atoms with E-state index in [2.05, 4.69) is 15.6 Å². The molecule has 4 fully saturated rings. The number of hydrogen-bond acceptors (Lipinski definition) is 11. The summed E-state index contributed by atoms with van der Waals surface area (Å²) in [7, 11) is -2.89. The molecule has 6 unspecified atom stereocenters. The van der Waals surface area contributed by atoms with Crippen LogP contribution in [0.15, 0.2) is 47.4 Å². The number of alkyl carbamates (subject to hydrolysis) is 1. The molecule has 3 N–H and O–H groups in total. The van der Waals surface area contributed by atoms with Crippen molar-refractivity contribution < 1.29 is 41.7 Å². The van der Waals surface area contributed by atoms with Crippen LogP contribution in [0.3, 0.4) is 0 Å². The van der Waals surface area contributed by atoms with Gasteiger partial charge in [-0.05, 0) is 67.5 Å². The lowest BCUT2D eigenvalue weighted by Crippen LogP contribution is -2.53. The Kier molecular flexibility index (Phi) is 9.76. The molecule has 2 aliphatic heterocycles. The minimum atomic E-state index is -4.44. The number of halogens is 1. The number of nitrogens with one attached hydrogen (secondary N) is 2. The first kappa shape index (κ1) is 34.4. The number of fused-ring (bicyclic) bond motifs is 2. The number of anilines is 1. The number of alkyl halides is 1. The predicted octanol–water partition coefficient (Wildman–Crippen LogP) is 4.53. The average Bonchev–Trinajstić information content (AvgIpc) is 3.54. The number of thiazole rings is 1. The van der Waals surface area contributed by atoms with Gasteiger partial charge < -0.3 is 34.7 Å². The third-order valence-electron chi connectivity index (χ3n) is 9.98. The number of aromatic nitrogens is 1. The smallest absolute Gasteiger partial charge is 0.407 e. The van der Waals surface area contributed by atoms with Crippen LogP contribution in [-0.4, -0.2) is 92.7 Å². The number of carbonyl (C=O) groups excluding carboxylic acids is 1. The number of ether oxygens (including phenoxy) is 4. The maximum atomic E-state index is 16.0. The summed E-state index contributed by atoms with van der Waals surface area (Å²) in [5.74, 6) is 0.134. The molecule has 15 heteroatoms. The van der Waals surface area contributed by atoms with Gasteiger partial charge in [-0.2, -0.15) is 4.31 Å². The van der Waals surface area contributed by atoms with Gasteiger partial charge in [-0.1, -0.05) is 37.3 Å². The molecule has 3 aromatic rings. The van der Waals surface area contributed by atoms with Crippen molar-refractivity contribution in [2.45, 2.75) is 81.3 Å². The molecule has 2 bridgehead atoms. The summed E-state index contributed by atoms with van der Waals surface area (Å²) in [6, 6.07) is 10.9. The highest BCUT2D eigenvalue weighted by Crippen LogP contribution is 2.49. The number of aliphatic hydroxyl groups excluding tert-OH is 1. The van der Waals surface area contributed by atoms with Gasteiger partial charge in [-0.3, -0.25) is 0 Å². The molecule has 1 aromatic heterocycles. The predicted molar refractivity (Wildman–Crippen MR) is 181 cm³/mol. The van der Waals surface area contributed by atoms with E-state index in [4.69, 9.17) is 18.9 Å². The highest BCUT2D eigenvalue weighted by atomic mass is 32.2. The molecule has 3 heterocycles. The lowest BCUT2D eigenvalue weighted by molar-refractivity contribution is -0.169. The van der Waals surface area contributed by atoms with E-state index in [0.717, 1.165) is 24.8 Å². The second-order valence-electron chi connectivity index (χ2n) is 13.9. The Labute approximate surface area is 289 Å². The second kappa shape index (κ2) is 13.9. The summed E-state index contributed by atoms with van der Waals surface area (Å²) in [5.41, 5.74) is 1.38. The number of methoxy groups -OCH3 is 1. The Bertz CT molecular complexity index is 1750. The van der Waals surface area contributed by atoms with Crippen LogP contribution in [0.5, 0.6) is 5.75 Å². The van der Waals surface area contributed by atoms with E-state index in [-0.39, 0.29) is 35.4 Å². The Hall–Kier alpha value is -3.08. The monoisotopic (exact) mass is 718 g/mol. The number of carbonyl (C=O) groups is 1. The molecular formula is C34H43FN4O8S2. The molecule has 2 aliphatic carbocycles. The Morgan fingerprint density at radius 1 is 1.14 bits per heavy atom. The van der Waals surface area contributed by atoms with Gasteiger partial charge in [-0.25, -0.2) is 22.6 Å². The Balaban J connectivity index is 1.12. The number of sulfonamides is 1. The summed E-state index contributed by atoms with van der Waals surface area (Å²) in [4.78, 5) is 17.9. The van der Waals surface area contributed by atoms with Crippen LogP contribution in [-0.2, 0) is 30.7 Å². The fourth-order valence-corrected chi connectivity index (χ4v) is 9.79. The second-order valence-corrected chi connectivity index (χ2v) is 16.8. The van der Waals surface area contributed by atoms with E-state index >= 15 is 4.39 Å². The Morgan fingerprint density at radius 3 is 2.61 bits per heavy atom. The van der Waals surface area contributed by atoms with E-state index in [1.165, 1.54) is 23.5 Å². The zero-order valence-electron chi connectivity index (χ0n) is 27.7. The topological polar surface area (TPSA) is 149 Å². The number of hydrogen-bond donors (Lipinski definition) is 3. The number of benzene rings is 2. The van der Waals surface area contributed by atoms with Crippen molar-refractivity contribution in [3.63, 3.8) is 0 Å². The summed E-state index contributed by atoms with van der Waals surface area (Å²) in [6.07, 6.45) is -1.80. The van der Waals surface area contributed by atoms with Gasteiger partial charge in [0.15, 0.2) is 17.7 Å².